The molecular formula is C16H14BrN3O2. The van der Waals surface area contributed by atoms with Crippen LogP contribution in [0, 0.1) is 0 Å². The Bertz CT molecular complexity index is 815. The second kappa shape index (κ2) is 6.19. The zero-order valence-electron chi connectivity index (χ0n) is 11.9. The maximum Gasteiger partial charge on any atom is 0.414 e. The molecule has 0 saturated heterocycles. The van der Waals surface area contributed by atoms with Crippen LogP contribution < -0.4 is 5.32 Å². The molecule has 0 bridgehead atoms. The predicted molar refractivity (Wildman–Crippen MR) is 88.7 cm³/mol. The lowest BCUT2D eigenvalue weighted by Gasteiger charge is -2.07. The summed E-state index contributed by atoms with van der Waals surface area (Å²) in [6.45, 7) is 0.223. The highest BCUT2D eigenvalue weighted by molar-refractivity contribution is 9.10. The highest BCUT2D eigenvalue weighted by Crippen LogP contribution is 2.25. The Morgan fingerprint density at radius 3 is 2.73 bits per heavy atom. The van der Waals surface area contributed by atoms with E-state index in [4.69, 9.17) is 4.74 Å². The second-order valence-corrected chi connectivity index (χ2v) is 5.64. The number of hydrogen-bond acceptors (Lipinski definition) is 3. The summed E-state index contributed by atoms with van der Waals surface area (Å²) < 4.78 is 7.93. The maximum absolute atomic E-state index is 11.9. The van der Waals surface area contributed by atoms with Gasteiger partial charge in [-0.2, -0.15) is 0 Å². The summed E-state index contributed by atoms with van der Waals surface area (Å²) in [5.74, 6) is 0.444. The van der Waals surface area contributed by atoms with Crippen LogP contribution in [0.25, 0.3) is 11.0 Å². The lowest BCUT2D eigenvalue weighted by molar-refractivity contribution is 0.155. The average Bonchev–Trinajstić information content (AvgIpc) is 2.84. The van der Waals surface area contributed by atoms with Crippen LogP contribution in [0.3, 0.4) is 0 Å². The minimum absolute atomic E-state index is 0.223. The Morgan fingerprint density at radius 1 is 1.23 bits per heavy atom. The first kappa shape index (κ1) is 14.6. The molecular weight excluding hydrogens is 346 g/mol. The van der Waals surface area contributed by atoms with Gasteiger partial charge in [-0.05, 0) is 33.6 Å². The highest BCUT2D eigenvalue weighted by Gasteiger charge is 2.13. The van der Waals surface area contributed by atoms with Crippen molar-refractivity contribution in [3.8, 4) is 0 Å². The standard InChI is InChI=1S/C16H14BrN3O2/c1-20-14-12(17)8-5-9-13(14)18-15(20)19-16(21)22-10-11-6-3-2-4-7-11/h2-9H,10H2,1H3,(H,18,19,21). The summed E-state index contributed by atoms with van der Waals surface area (Å²) in [6, 6.07) is 15.2. The van der Waals surface area contributed by atoms with Crippen molar-refractivity contribution < 1.29 is 9.53 Å². The van der Waals surface area contributed by atoms with E-state index in [1.165, 1.54) is 0 Å². The van der Waals surface area contributed by atoms with E-state index in [2.05, 4.69) is 26.2 Å². The molecule has 0 saturated carbocycles. The van der Waals surface area contributed by atoms with Crippen molar-refractivity contribution in [1.29, 1.82) is 0 Å². The zero-order valence-corrected chi connectivity index (χ0v) is 13.5. The number of benzene rings is 2. The predicted octanol–water partition coefficient (Wildman–Crippen LogP) is 4.08. The first-order valence-electron chi connectivity index (χ1n) is 6.74. The lowest BCUT2D eigenvalue weighted by Crippen LogP contribution is -2.16. The number of nitrogens with one attached hydrogen (secondary N) is 1. The molecule has 5 nitrogen and oxygen atoms in total. The molecule has 0 atom stereocenters. The molecule has 112 valence electrons. The largest absolute Gasteiger partial charge is 0.444 e. The van der Waals surface area contributed by atoms with Gasteiger partial charge in [0.1, 0.15) is 6.61 Å². The number of nitrogens with zero attached hydrogens (tertiary/aromatic N) is 2. The second-order valence-electron chi connectivity index (χ2n) is 4.79. The number of aromatic nitrogens is 2. The molecule has 0 aliphatic carbocycles. The molecule has 1 amide bonds. The molecule has 3 rings (SSSR count). The van der Waals surface area contributed by atoms with Gasteiger partial charge >= 0.3 is 6.09 Å². The van der Waals surface area contributed by atoms with Gasteiger partial charge in [-0.1, -0.05) is 36.4 Å². The van der Waals surface area contributed by atoms with Crippen LogP contribution in [0.5, 0.6) is 0 Å². The molecule has 0 spiro atoms. The average molecular weight is 360 g/mol. The Hall–Kier alpha value is -2.34. The van der Waals surface area contributed by atoms with Crippen LogP contribution in [0.2, 0.25) is 0 Å². The summed E-state index contributed by atoms with van der Waals surface area (Å²) in [5.41, 5.74) is 2.65. The molecule has 3 aromatic rings. The molecule has 1 N–H and O–H groups in total. The summed E-state index contributed by atoms with van der Waals surface area (Å²) in [7, 11) is 1.84. The van der Waals surface area contributed by atoms with Crippen molar-refractivity contribution in [3.05, 3.63) is 58.6 Å². The quantitative estimate of drug-likeness (QED) is 0.766. The molecule has 0 fully saturated rings. The minimum atomic E-state index is -0.529. The topological polar surface area (TPSA) is 56.2 Å². The fourth-order valence-corrected chi connectivity index (χ4v) is 2.81. The van der Waals surface area contributed by atoms with E-state index in [0.29, 0.717) is 5.95 Å². The fraction of sp³-hybridized carbons (Fsp3) is 0.125. The number of halogens is 1. The van der Waals surface area contributed by atoms with E-state index in [1.54, 1.807) is 0 Å². The van der Waals surface area contributed by atoms with E-state index >= 15 is 0 Å². The van der Waals surface area contributed by atoms with E-state index < -0.39 is 6.09 Å². The molecule has 0 aliphatic rings. The first-order chi connectivity index (χ1) is 10.6. The molecule has 6 heteroatoms. The first-order valence-corrected chi connectivity index (χ1v) is 7.53. The van der Waals surface area contributed by atoms with Gasteiger partial charge in [-0.15, -0.1) is 0 Å². The van der Waals surface area contributed by atoms with Gasteiger partial charge in [0.2, 0.25) is 5.95 Å². The molecule has 0 radical (unpaired) electrons. The Labute approximate surface area is 136 Å². The lowest BCUT2D eigenvalue weighted by atomic mass is 10.2. The number of aryl methyl sites for hydroxylation is 1. The minimum Gasteiger partial charge on any atom is -0.444 e. The van der Waals surface area contributed by atoms with Gasteiger partial charge < -0.3 is 9.30 Å². The van der Waals surface area contributed by atoms with Gasteiger partial charge in [-0.3, -0.25) is 5.32 Å². The van der Waals surface area contributed by atoms with E-state index in [0.717, 1.165) is 21.1 Å². The number of amides is 1. The number of fused-ring (bicyclic) bond motifs is 1. The van der Waals surface area contributed by atoms with E-state index in [9.17, 15) is 4.79 Å². The summed E-state index contributed by atoms with van der Waals surface area (Å²) >= 11 is 3.48. The van der Waals surface area contributed by atoms with Gasteiger partial charge in [0.25, 0.3) is 0 Å². The van der Waals surface area contributed by atoms with Gasteiger partial charge in [0.15, 0.2) is 0 Å². The SMILES string of the molecule is Cn1c(NC(=O)OCc2ccccc2)nc2cccc(Br)c21. The van der Waals surface area contributed by atoms with Crippen molar-refractivity contribution in [2.45, 2.75) is 6.61 Å². The number of imidazole rings is 1. The zero-order chi connectivity index (χ0) is 15.5. The van der Waals surface area contributed by atoms with Gasteiger partial charge in [0.05, 0.1) is 11.0 Å². The van der Waals surface area contributed by atoms with Gasteiger partial charge in [0, 0.05) is 11.5 Å². The Kier molecular flexibility index (Phi) is 4.11. The fourth-order valence-electron chi connectivity index (χ4n) is 2.18. The smallest absolute Gasteiger partial charge is 0.414 e. The number of carbonyl (C=O) groups excluding carboxylic acids is 1. The number of para-hydroxylation sites is 1. The molecule has 0 aliphatic heterocycles. The van der Waals surface area contributed by atoms with Crippen molar-refractivity contribution in [3.63, 3.8) is 0 Å². The normalized spacial score (nSPS) is 10.6. The summed E-state index contributed by atoms with van der Waals surface area (Å²) in [6.07, 6.45) is -0.529. The van der Waals surface area contributed by atoms with Crippen LogP contribution in [0.15, 0.2) is 53.0 Å². The summed E-state index contributed by atoms with van der Waals surface area (Å²) in [5, 5.41) is 2.67. The summed E-state index contributed by atoms with van der Waals surface area (Å²) in [4.78, 5) is 16.3. The van der Waals surface area contributed by atoms with Crippen molar-refractivity contribution >= 4 is 39.0 Å². The van der Waals surface area contributed by atoms with Crippen LogP contribution >= 0.6 is 15.9 Å². The third kappa shape index (κ3) is 2.96. The molecule has 1 heterocycles. The number of rotatable bonds is 3. The molecule has 2 aromatic carbocycles. The highest BCUT2D eigenvalue weighted by atomic mass is 79.9. The third-order valence-corrected chi connectivity index (χ3v) is 3.91. The molecule has 0 unspecified atom stereocenters. The number of hydrogen-bond donors (Lipinski definition) is 1. The van der Waals surface area contributed by atoms with Crippen molar-refractivity contribution in [2.24, 2.45) is 7.05 Å². The van der Waals surface area contributed by atoms with E-state index in [1.807, 2.05) is 60.1 Å². The van der Waals surface area contributed by atoms with Gasteiger partial charge in [-0.25, -0.2) is 9.78 Å². The van der Waals surface area contributed by atoms with Crippen LogP contribution in [0.4, 0.5) is 10.7 Å². The van der Waals surface area contributed by atoms with Crippen molar-refractivity contribution in [2.75, 3.05) is 5.32 Å². The van der Waals surface area contributed by atoms with E-state index in [-0.39, 0.29) is 6.61 Å². The number of ether oxygens (including phenoxy) is 1. The molecule has 22 heavy (non-hydrogen) atoms. The van der Waals surface area contributed by atoms with Crippen LogP contribution in [0.1, 0.15) is 5.56 Å². The van der Waals surface area contributed by atoms with Crippen LogP contribution in [-0.4, -0.2) is 15.6 Å². The number of anilines is 1. The monoisotopic (exact) mass is 359 g/mol. The number of carbonyl (C=O) groups is 1. The van der Waals surface area contributed by atoms with Crippen molar-refractivity contribution in [1.82, 2.24) is 9.55 Å². The molecule has 1 aromatic heterocycles. The van der Waals surface area contributed by atoms with Crippen LogP contribution in [-0.2, 0) is 18.4 Å². The maximum atomic E-state index is 11.9. The third-order valence-electron chi connectivity index (χ3n) is 3.27. The Balaban J connectivity index is 1.72. The Morgan fingerprint density at radius 2 is 2.00 bits per heavy atom.